The molecule has 0 aromatic carbocycles. The molecular formula is C21H45O4P. The molecule has 0 fully saturated rings. The lowest BCUT2D eigenvalue weighted by Crippen LogP contribution is -2.26. The van der Waals surface area contributed by atoms with Crippen LogP contribution in [0.15, 0.2) is 0 Å². The van der Waals surface area contributed by atoms with Crippen LogP contribution in [0.2, 0.25) is 0 Å². The molecule has 0 aliphatic carbocycles. The molecule has 0 bridgehead atoms. The summed E-state index contributed by atoms with van der Waals surface area (Å²) in [5, 5.41) is 27.5. The fraction of sp³-hybridized carbons (Fsp3) is 1.00. The van der Waals surface area contributed by atoms with Gasteiger partial charge in [-0.1, -0.05) is 103 Å². The van der Waals surface area contributed by atoms with Crippen molar-refractivity contribution in [2.24, 2.45) is 0 Å². The lowest BCUT2D eigenvalue weighted by molar-refractivity contribution is 0.0245. The molecule has 26 heavy (non-hydrogen) atoms. The highest BCUT2D eigenvalue weighted by Gasteiger charge is 2.20. The first-order chi connectivity index (χ1) is 12.6. The van der Waals surface area contributed by atoms with Crippen LogP contribution < -0.4 is 0 Å². The van der Waals surface area contributed by atoms with Crippen LogP contribution in [0, 0.1) is 0 Å². The smallest absolute Gasteiger partial charge is 0.132 e. The molecule has 0 spiro atoms. The molecule has 3 N–H and O–H groups in total. The molecule has 158 valence electrons. The average Bonchev–Trinajstić information content (AvgIpc) is 2.66. The van der Waals surface area contributed by atoms with Gasteiger partial charge in [0.15, 0.2) is 0 Å². The molecule has 0 aromatic heterocycles. The summed E-state index contributed by atoms with van der Waals surface area (Å²) in [6.45, 7) is 1.73. The second kappa shape index (κ2) is 19.9. The second-order valence-electron chi connectivity index (χ2n) is 7.71. The Morgan fingerprint density at radius 3 is 1.35 bits per heavy atom. The van der Waals surface area contributed by atoms with Crippen molar-refractivity contribution >= 4 is 7.80 Å². The van der Waals surface area contributed by atoms with E-state index in [9.17, 15) is 14.8 Å². The number of hydrogen-bond donors (Lipinski definition) is 3. The third-order valence-corrected chi connectivity index (χ3v) is 7.05. The molecule has 0 saturated carbocycles. The summed E-state index contributed by atoms with van der Waals surface area (Å²) < 4.78 is 11.8. The first-order valence-electron chi connectivity index (χ1n) is 11.1. The molecular weight excluding hydrogens is 347 g/mol. The van der Waals surface area contributed by atoms with Crippen molar-refractivity contribution in [3.05, 3.63) is 0 Å². The lowest BCUT2D eigenvalue weighted by Gasteiger charge is -2.15. The largest absolute Gasteiger partial charge is 0.394 e. The molecule has 0 radical (unpaired) electrons. The first kappa shape index (κ1) is 26.1. The van der Waals surface area contributed by atoms with Gasteiger partial charge in [0.1, 0.15) is 19.8 Å². The van der Waals surface area contributed by atoms with Gasteiger partial charge in [0, 0.05) is 6.16 Å². The van der Waals surface area contributed by atoms with Crippen molar-refractivity contribution in [3.8, 4) is 0 Å². The van der Waals surface area contributed by atoms with Gasteiger partial charge in [-0.15, -0.1) is 0 Å². The number of unbranched alkanes of at least 4 members (excludes halogenated alkanes) is 15. The van der Waals surface area contributed by atoms with E-state index in [1.54, 1.807) is 0 Å². The maximum absolute atomic E-state index is 11.8. The van der Waals surface area contributed by atoms with Crippen LogP contribution in [0.25, 0.3) is 0 Å². The minimum Gasteiger partial charge on any atom is -0.394 e. The minimum absolute atomic E-state index is 0.474. The molecule has 3 atom stereocenters. The van der Waals surface area contributed by atoms with Gasteiger partial charge in [-0.2, -0.15) is 0 Å². The highest BCUT2D eigenvalue weighted by Crippen LogP contribution is 2.30. The number of rotatable bonds is 20. The van der Waals surface area contributed by atoms with Crippen molar-refractivity contribution in [2.45, 2.75) is 122 Å². The predicted molar refractivity (Wildman–Crippen MR) is 113 cm³/mol. The fourth-order valence-corrected chi connectivity index (χ4v) is 4.74. The standard InChI is InChI=1S/C21H45O4P/c1-2-3-4-5-6-7-8-9-10-11-12-13-14-15-16-17-18-26(25)21(24)20(23)19-22/h20-24,26H,2-19H2,1H3. The zero-order chi connectivity index (χ0) is 19.5. The van der Waals surface area contributed by atoms with Crippen LogP contribution in [-0.2, 0) is 4.57 Å². The van der Waals surface area contributed by atoms with Crippen LogP contribution in [0.3, 0.4) is 0 Å². The van der Waals surface area contributed by atoms with E-state index in [1.165, 1.54) is 83.5 Å². The molecule has 0 aliphatic rings. The highest BCUT2D eigenvalue weighted by molar-refractivity contribution is 7.45. The van der Waals surface area contributed by atoms with E-state index in [-0.39, 0.29) is 0 Å². The number of hydrogen-bond acceptors (Lipinski definition) is 4. The van der Waals surface area contributed by atoms with Gasteiger partial charge in [0.25, 0.3) is 0 Å². The zero-order valence-corrected chi connectivity index (χ0v) is 18.1. The summed E-state index contributed by atoms with van der Waals surface area (Å²) in [5.41, 5.74) is 0. The van der Waals surface area contributed by atoms with E-state index in [2.05, 4.69) is 6.92 Å². The number of aliphatic hydroxyl groups excluding tert-OH is 3. The third kappa shape index (κ3) is 16.3. The minimum atomic E-state index is -2.20. The second-order valence-corrected chi connectivity index (χ2v) is 9.74. The van der Waals surface area contributed by atoms with E-state index >= 15 is 0 Å². The van der Waals surface area contributed by atoms with Crippen molar-refractivity contribution in [1.82, 2.24) is 0 Å². The summed E-state index contributed by atoms with van der Waals surface area (Å²) in [6.07, 6.45) is 20.0. The molecule has 0 saturated heterocycles. The maximum atomic E-state index is 11.8. The molecule has 0 rings (SSSR count). The monoisotopic (exact) mass is 392 g/mol. The van der Waals surface area contributed by atoms with Crippen LogP contribution >= 0.6 is 7.80 Å². The Labute approximate surface area is 162 Å². The summed E-state index contributed by atoms with van der Waals surface area (Å²) >= 11 is 0. The van der Waals surface area contributed by atoms with Crippen molar-refractivity contribution in [2.75, 3.05) is 12.8 Å². The van der Waals surface area contributed by atoms with E-state index < -0.39 is 26.4 Å². The van der Waals surface area contributed by atoms with Gasteiger partial charge < -0.3 is 19.9 Å². The Morgan fingerprint density at radius 2 is 1.00 bits per heavy atom. The van der Waals surface area contributed by atoms with E-state index in [0.717, 1.165) is 19.3 Å². The third-order valence-electron chi connectivity index (χ3n) is 5.16. The average molecular weight is 393 g/mol. The lowest BCUT2D eigenvalue weighted by atomic mass is 10.0. The number of aliphatic hydroxyl groups is 3. The van der Waals surface area contributed by atoms with Gasteiger partial charge in [0.05, 0.1) is 6.61 Å². The Balaban J connectivity index is 3.21. The van der Waals surface area contributed by atoms with Crippen LogP contribution in [0.5, 0.6) is 0 Å². The molecule has 3 unspecified atom stereocenters. The summed E-state index contributed by atoms with van der Waals surface area (Å²) in [5.74, 6) is -1.25. The van der Waals surface area contributed by atoms with Crippen LogP contribution in [0.1, 0.15) is 110 Å². The topological polar surface area (TPSA) is 77.8 Å². The SMILES string of the molecule is CCCCCCCCCCCCCCCCCC[PH](=O)C(O)C(O)CO. The van der Waals surface area contributed by atoms with E-state index in [0.29, 0.717) is 6.16 Å². The van der Waals surface area contributed by atoms with Gasteiger partial charge in [0.2, 0.25) is 0 Å². The quantitative estimate of drug-likeness (QED) is 0.189. The fourth-order valence-electron chi connectivity index (χ4n) is 3.31. The molecule has 0 aliphatic heterocycles. The summed E-state index contributed by atoms with van der Waals surface area (Å²) in [6, 6.07) is 0. The Hall–Kier alpha value is 0.110. The molecule has 4 nitrogen and oxygen atoms in total. The zero-order valence-electron chi connectivity index (χ0n) is 17.1. The van der Waals surface area contributed by atoms with E-state index in [1.807, 2.05) is 0 Å². The van der Waals surface area contributed by atoms with Crippen molar-refractivity contribution < 1.29 is 19.9 Å². The molecule has 0 heterocycles. The van der Waals surface area contributed by atoms with Crippen LogP contribution in [0.4, 0.5) is 0 Å². The van der Waals surface area contributed by atoms with Gasteiger partial charge in [-0.05, 0) is 6.42 Å². The molecule has 5 heteroatoms. The Bertz CT molecular complexity index is 312. The molecule has 0 aromatic rings. The first-order valence-corrected chi connectivity index (χ1v) is 12.8. The maximum Gasteiger partial charge on any atom is 0.132 e. The van der Waals surface area contributed by atoms with Crippen molar-refractivity contribution in [3.63, 3.8) is 0 Å². The Kier molecular flexibility index (Phi) is 19.9. The summed E-state index contributed by atoms with van der Waals surface area (Å²) in [4.78, 5) is 0. The summed E-state index contributed by atoms with van der Waals surface area (Å²) in [7, 11) is -2.20. The van der Waals surface area contributed by atoms with E-state index in [4.69, 9.17) is 5.11 Å². The van der Waals surface area contributed by atoms with Crippen LogP contribution in [-0.4, -0.2) is 40.0 Å². The highest BCUT2D eigenvalue weighted by atomic mass is 31.1. The van der Waals surface area contributed by atoms with Crippen molar-refractivity contribution in [1.29, 1.82) is 0 Å². The van der Waals surface area contributed by atoms with Gasteiger partial charge in [-0.3, -0.25) is 0 Å². The normalized spacial score (nSPS) is 15.1. The van der Waals surface area contributed by atoms with Gasteiger partial charge in [-0.25, -0.2) is 0 Å². The molecule has 0 amide bonds. The van der Waals surface area contributed by atoms with Gasteiger partial charge >= 0.3 is 0 Å². The predicted octanol–water partition coefficient (Wildman–Crippen LogP) is 5.48. The Morgan fingerprint density at radius 1 is 0.654 bits per heavy atom.